The van der Waals surface area contributed by atoms with Crippen LogP contribution in [0.1, 0.15) is 5.56 Å². The van der Waals surface area contributed by atoms with E-state index < -0.39 is 29.7 Å². The van der Waals surface area contributed by atoms with Crippen molar-refractivity contribution in [3.63, 3.8) is 0 Å². The molecule has 3 N–H and O–H groups in total. The first-order valence-corrected chi connectivity index (χ1v) is 3.99. The number of rotatable bonds is 3. The molecular weight excluding hydrogens is 208 g/mol. The Morgan fingerprint density at radius 2 is 2.20 bits per heavy atom. The first-order chi connectivity index (χ1) is 6.97. The summed E-state index contributed by atoms with van der Waals surface area (Å²) in [5.41, 5.74) is 4.31. The lowest BCUT2D eigenvalue weighted by molar-refractivity contribution is -0.136. The van der Waals surface area contributed by atoms with Gasteiger partial charge >= 0.3 is 5.97 Å². The van der Waals surface area contributed by atoms with Crippen LogP contribution in [0.5, 0.6) is 5.75 Å². The van der Waals surface area contributed by atoms with Gasteiger partial charge in [0.25, 0.3) is 0 Å². The van der Waals surface area contributed by atoms with E-state index in [1.807, 2.05) is 0 Å². The van der Waals surface area contributed by atoms with Crippen molar-refractivity contribution < 1.29 is 23.4 Å². The molecule has 0 radical (unpaired) electrons. The molecule has 1 aromatic carbocycles. The van der Waals surface area contributed by atoms with Gasteiger partial charge in [0.2, 0.25) is 0 Å². The van der Waals surface area contributed by atoms with Crippen LogP contribution in [0.2, 0.25) is 0 Å². The quantitative estimate of drug-likeness (QED) is 0.746. The van der Waals surface area contributed by atoms with E-state index in [4.69, 9.17) is 10.8 Å². The highest BCUT2D eigenvalue weighted by molar-refractivity contribution is 5.72. The van der Waals surface area contributed by atoms with Crippen molar-refractivity contribution in [2.45, 2.75) is 6.42 Å². The maximum Gasteiger partial charge on any atom is 0.307 e. The maximum atomic E-state index is 13.3. The van der Waals surface area contributed by atoms with E-state index in [9.17, 15) is 13.6 Å². The van der Waals surface area contributed by atoms with Gasteiger partial charge in [-0.25, -0.2) is 8.78 Å². The Kier molecular flexibility index (Phi) is 3.08. The minimum atomic E-state index is -1.21. The molecule has 4 nitrogen and oxygen atoms in total. The zero-order valence-corrected chi connectivity index (χ0v) is 7.88. The number of anilines is 1. The molecule has 0 amide bonds. The highest BCUT2D eigenvalue weighted by atomic mass is 19.1. The Morgan fingerprint density at radius 1 is 1.60 bits per heavy atom. The molecule has 0 aliphatic heterocycles. The van der Waals surface area contributed by atoms with Crippen molar-refractivity contribution in [3.05, 3.63) is 23.3 Å². The summed E-state index contributed by atoms with van der Waals surface area (Å²) in [5, 5.41) is 8.51. The van der Waals surface area contributed by atoms with Crippen molar-refractivity contribution in [1.29, 1.82) is 0 Å². The number of carboxylic acids is 1. The second-order valence-corrected chi connectivity index (χ2v) is 2.85. The van der Waals surface area contributed by atoms with Crippen LogP contribution in [0.15, 0.2) is 6.07 Å². The van der Waals surface area contributed by atoms with E-state index in [1.54, 1.807) is 0 Å². The molecule has 0 bridgehead atoms. The highest BCUT2D eigenvalue weighted by Gasteiger charge is 2.18. The molecule has 0 aliphatic carbocycles. The minimum absolute atomic E-state index is 0.0887. The molecule has 82 valence electrons. The van der Waals surface area contributed by atoms with E-state index in [2.05, 4.69) is 4.74 Å². The van der Waals surface area contributed by atoms with Crippen LogP contribution in [0.4, 0.5) is 14.5 Å². The van der Waals surface area contributed by atoms with Gasteiger partial charge in [-0.3, -0.25) is 4.79 Å². The summed E-state index contributed by atoms with van der Waals surface area (Å²) >= 11 is 0. The number of aliphatic carboxylic acids is 1. The van der Waals surface area contributed by atoms with Crippen LogP contribution in [0, 0.1) is 11.6 Å². The zero-order valence-electron chi connectivity index (χ0n) is 7.88. The third-order valence-corrected chi connectivity index (χ3v) is 1.83. The molecule has 0 saturated heterocycles. The average Bonchev–Trinajstić information content (AvgIpc) is 2.14. The van der Waals surface area contributed by atoms with Crippen molar-refractivity contribution in [1.82, 2.24) is 0 Å². The monoisotopic (exact) mass is 217 g/mol. The number of hydrogen-bond acceptors (Lipinski definition) is 3. The zero-order chi connectivity index (χ0) is 11.6. The number of nitrogen functional groups attached to an aromatic ring is 1. The predicted molar refractivity (Wildman–Crippen MR) is 48.7 cm³/mol. The van der Waals surface area contributed by atoms with Gasteiger partial charge in [-0.15, -0.1) is 0 Å². The number of carbonyl (C=O) groups is 1. The Bertz CT molecular complexity index is 407. The van der Waals surface area contributed by atoms with E-state index in [1.165, 1.54) is 0 Å². The molecule has 1 rings (SSSR count). The van der Waals surface area contributed by atoms with Crippen LogP contribution >= 0.6 is 0 Å². The number of ether oxygens (including phenoxy) is 1. The molecule has 0 saturated carbocycles. The summed E-state index contributed by atoms with van der Waals surface area (Å²) in [5.74, 6) is -3.62. The maximum absolute atomic E-state index is 13.3. The van der Waals surface area contributed by atoms with E-state index >= 15 is 0 Å². The number of carboxylic acid groups (broad SMARTS) is 1. The van der Waals surface area contributed by atoms with Crippen LogP contribution < -0.4 is 10.5 Å². The number of nitrogens with two attached hydrogens (primary N) is 1. The Morgan fingerprint density at radius 3 is 2.67 bits per heavy atom. The van der Waals surface area contributed by atoms with E-state index in [-0.39, 0.29) is 11.3 Å². The summed E-state index contributed by atoms with van der Waals surface area (Å²) in [6.07, 6.45) is -0.530. The minimum Gasteiger partial charge on any atom is -0.493 e. The summed E-state index contributed by atoms with van der Waals surface area (Å²) in [7, 11) is 1.15. The van der Waals surface area contributed by atoms with Crippen molar-refractivity contribution in [3.8, 4) is 5.75 Å². The number of hydrogen-bond donors (Lipinski definition) is 2. The van der Waals surface area contributed by atoms with Gasteiger partial charge in [0, 0.05) is 5.56 Å². The molecular formula is C9H9F2NO3. The standard InChI is InChI=1S/C9H9F2NO3/c1-15-9-4(3-6(13)14)2-5(10)8(12)7(9)11/h2H,3,12H2,1H3,(H,13,14). The first kappa shape index (κ1) is 11.2. The third kappa shape index (κ3) is 2.15. The van der Waals surface area contributed by atoms with Gasteiger partial charge in [0.15, 0.2) is 11.6 Å². The van der Waals surface area contributed by atoms with Crippen LogP contribution in [0.25, 0.3) is 0 Å². The summed E-state index contributed by atoms with van der Waals surface area (Å²) in [4.78, 5) is 10.4. The van der Waals surface area contributed by atoms with Crippen LogP contribution in [0.3, 0.4) is 0 Å². The van der Waals surface area contributed by atoms with E-state index in [0.29, 0.717) is 0 Å². The van der Waals surface area contributed by atoms with Crippen LogP contribution in [-0.4, -0.2) is 18.2 Å². The fourth-order valence-corrected chi connectivity index (χ4v) is 1.18. The molecule has 15 heavy (non-hydrogen) atoms. The molecule has 0 aromatic heterocycles. The molecule has 0 spiro atoms. The number of halogens is 2. The van der Waals surface area contributed by atoms with Crippen molar-refractivity contribution >= 4 is 11.7 Å². The van der Waals surface area contributed by atoms with Gasteiger partial charge in [-0.05, 0) is 6.07 Å². The molecule has 0 unspecified atom stereocenters. The summed E-state index contributed by atoms with van der Waals surface area (Å²) in [6, 6.07) is 0.853. The number of benzene rings is 1. The first-order valence-electron chi connectivity index (χ1n) is 3.99. The molecule has 0 fully saturated rings. The van der Waals surface area contributed by atoms with Gasteiger partial charge in [0.05, 0.1) is 13.5 Å². The summed E-state index contributed by atoms with van der Waals surface area (Å²) < 4.78 is 30.9. The largest absolute Gasteiger partial charge is 0.493 e. The van der Waals surface area contributed by atoms with Crippen LogP contribution in [-0.2, 0) is 11.2 Å². The number of methoxy groups -OCH3 is 1. The average molecular weight is 217 g/mol. The predicted octanol–water partition coefficient (Wildman–Crippen LogP) is 1.18. The molecule has 1 aromatic rings. The van der Waals surface area contributed by atoms with Gasteiger partial charge in [0.1, 0.15) is 11.5 Å². The molecule has 0 aliphatic rings. The molecule has 0 atom stereocenters. The normalized spacial score (nSPS) is 10.1. The second-order valence-electron chi connectivity index (χ2n) is 2.85. The lowest BCUT2D eigenvalue weighted by Gasteiger charge is -2.10. The second kappa shape index (κ2) is 4.12. The topological polar surface area (TPSA) is 72.5 Å². The van der Waals surface area contributed by atoms with Gasteiger partial charge in [-0.2, -0.15) is 0 Å². The Labute approximate surface area is 84.3 Å². The Balaban J connectivity index is 3.31. The van der Waals surface area contributed by atoms with Crippen molar-refractivity contribution in [2.24, 2.45) is 0 Å². The lowest BCUT2D eigenvalue weighted by atomic mass is 10.1. The fourth-order valence-electron chi connectivity index (χ4n) is 1.18. The molecule has 6 heteroatoms. The molecule has 0 heterocycles. The van der Waals surface area contributed by atoms with Gasteiger partial charge < -0.3 is 15.6 Å². The SMILES string of the molecule is COc1c(CC(=O)O)cc(F)c(N)c1F. The van der Waals surface area contributed by atoms with Crippen molar-refractivity contribution in [2.75, 3.05) is 12.8 Å². The van der Waals surface area contributed by atoms with Gasteiger partial charge in [-0.1, -0.05) is 0 Å². The smallest absolute Gasteiger partial charge is 0.307 e. The lowest BCUT2D eigenvalue weighted by Crippen LogP contribution is -2.07. The van der Waals surface area contributed by atoms with E-state index in [0.717, 1.165) is 13.2 Å². The third-order valence-electron chi connectivity index (χ3n) is 1.83. The highest BCUT2D eigenvalue weighted by Crippen LogP contribution is 2.29. The Hall–Kier alpha value is -1.85. The fraction of sp³-hybridized carbons (Fsp3) is 0.222. The summed E-state index contributed by atoms with van der Waals surface area (Å²) in [6.45, 7) is 0.